The first-order valence-electron chi connectivity index (χ1n) is 4.81. The van der Waals surface area contributed by atoms with Crippen LogP contribution in [0, 0.1) is 0 Å². The van der Waals surface area contributed by atoms with Crippen LogP contribution in [0.2, 0.25) is 0 Å². The molecule has 7 heteroatoms. The number of ether oxygens (including phenoxy) is 1. The summed E-state index contributed by atoms with van der Waals surface area (Å²) < 4.78 is 29.9. The van der Waals surface area contributed by atoms with Crippen LogP contribution in [0.3, 0.4) is 0 Å². The van der Waals surface area contributed by atoms with Gasteiger partial charge < -0.3 is 10.5 Å². The van der Waals surface area contributed by atoms with E-state index in [9.17, 15) is 8.42 Å². The summed E-state index contributed by atoms with van der Waals surface area (Å²) in [7, 11) is -3.37. The Morgan fingerprint density at radius 1 is 1.47 bits per heavy atom. The van der Waals surface area contributed by atoms with E-state index in [0.29, 0.717) is 13.2 Å². The first-order valence-corrected chi connectivity index (χ1v) is 6.87. The van der Waals surface area contributed by atoms with Gasteiger partial charge in [0.1, 0.15) is 5.75 Å². The second-order valence-corrected chi connectivity index (χ2v) is 5.42. The average molecular weight is 254 g/mol. The van der Waals surface area contributed by atoms with Gasteiger partial charge in [-0.2, -0.15) is 0 Å². The summed E-state index contributed by atoms with van der Waals surface area (Å²) in [4.78, 5) is -0.0330. The van der Waals surface area contributed by atoms with E-state index in [4.69, 9.17) is 10.5 Å². The van der Waals surface area contributed by atoms with E-state index >= 15 is 0 Å². The molecule has 3 N–H and O–H groups in total. The fraction of sp³-hybridized carbons (Fsp3) is 0.875. The maximum Gasteiger partial charge on any atom is 0.218 e. The lowest BCUT2D eigenvalue weighted by Gasteiger charge is -2.06. The molecule has 0 spiro atoms. The number of rotatable bonds is 9. The van der Waals surface area contributed by atoms with Gasteiger partial charge in [-0.25, -0.2) is 13.1 Å². The molecule has 0 radical (unpaired) electrons. The van der Waals surface area contributed by atoms with Crippen molar-refractivity contribution < 1.29 is 13.2 Å². The van der Waals surface area contributed by atoms with E-state index < -0.39 is 10.0 Å². The Labute approximate surface area is 96.4 Å². The van der Waals surface area contributed by atoms with E-state index in [1.807, 2.05) is 0 Å². The SMILES string of the molecule is CCCCOCCNS(=O)(=O)CC(N)=S. The Bertz CT molecular complexity index is 278. The first-order chi connectivity index (χ1) is 6.98. The zero-order valence-corrected chi connectivity index (χ0v) is 10.5. The topological polar surface area (TPSA) is 81.4 Å². The van der Waals surface area contributed by atoms with Gasteiger partial charge in [0.05, 0.1) is 11.6 Å². The zero-order valence-electron chi connectivity index (χ0n) is 8.86. The lowest BCUT2D eigenvalue weighted by Crippen LogP contribution is -2.34. The van der Waals surface area contributed by atoms with Crippen molar-refractivity contribution in [2.24, 2.45) is 5.73 Å². The summed E-state index contributed by atoms with van der Waals surface area (Å²) in [5.74, 6) is -0.308. The van der Waals surface area contributed by atoms with Gasteiger partial charge >= 0.3 is 0 Å². The van der Waals surface area contributed by atoms with E-state index in [2.05, 4.69) is 23.9 Å². The van der Waals surface area contributed by atoms with Gasteiger partial charge in [0, 0.05) is 13.2 Å². The highest BCUT2D eigenvalue weighted by molar-refractivity contribution is 7.92. The fourth-order valence-corrected chi connectivity index (χ4v) is 2.19. The molecular formula is C8H18N2O3S2. The van der Waals surface area contributed by atoms with E-state index in [-0.39, 0.29) is 17.3 Å². The standard InChI is InChI=1S/C8H18N2O3S2/c1-2-3-5-13-6-4-10-15(11,12)7-8(9)14/h10H,2-7H2,1H3,(H2,9,14). The lowest BCUT2D eigenvalue weighted by atomic mass is 10.4. The second-order valence-electron chi connectivity index (χ2n) is 3.09. The maximum atomic E-state index is 11.2. The molecule has 0 aromatic carbocycles. The molecule has 5 nitrogen and oxygen atoms in total. The normalized spacial score (nSPS) is 11.5. The van der Waals surface area contributed by atoms with Crippen LogP contribution in [0.25, 0.3) is 0 Å². The first kappa shape index (κ1) is 14.8. The number of nitrogens with two attached hydrogens (primary N) is 1. The van der Waals surface area contributed by atoms with Crippen molar-refractivity contribution in [2.75, 3.05) is 25.5 Å². The van der Waals surface area contributed by atoms with Crippen LogP contribution in [0.1, 0.15) is 19.8 Å². The minimum Gasteiger partial charge on any atom is -0.392 e. The molecule has 0 rings (SSSR count). The van der Waals surface area contributed by atoms with E-state index in [0.717, 1.165) is 12.8 Å². The molecule has 0 aliphatic heterocycles. The quantitative estimate of drug-likeness (QED) is 0.447. The third-order valence-electron chi connectivity index (χ3n) is 1.54. The van der Waals surface area contributed by atoms with Gasteiger partial charge in [-0.05, 0) is 6.42 Å². The number of nitrogens with one attached hydrogen (secondary N) is 1. The Balaban J connectivity index is 3.54. The summed E-state index contributed by atoms with van der Waals surface area (Å²) in [6.07, 6.45) is 2.05. The predicted molar refractivity (Wildman–Crippen MR) is 64.3 cm³/mol. The van der Waals surface area contributed by atoms with Crippen molar-refractivity contribution in [3.05, 3.63) is 0 Å². The van der Waals surface area contributed by atoms with Crippen LogP contribution >= 0.6 is 12.2 Å². The molecule has 0 atom stereocenters. The molecule has 0 unspecified atom stereocenters. The number of unbranched alkanes of at least 4 members (excludes halogenated alkanes) is 1. The Morgan fingerprint density at radius 3 is 2.67 bits per heavy atom. The third-order valence-corrected chi connectivity index (χ3v) is 3.20. The van der Waals surface area contributed by atoms with E-state index in [1.54, 1.807) is 0 Å². The Morgan fingerprint density at radius 2 is 2.13 bits per heavy atom. The van der Waals surface area contributed by atoms with Crippen LogP contribution in [0.4, 0.5) is 0 Å². The van der Waals surface area contributed by atoms with Crippen LogP contribution in [-0.2, 0) is 14.8 Å². The Hall–Kier alpha value is -0.240. The monoisotopic (exact) mass is 254 g/mol. The molecule has 0 aliphatic rings. The summed E-state index contributed by atoms with van der Waals surface area (Å²) in [6, 6.07) is 0. The highest BCUT2D eigenvalue weighted by Crippen LogP contribution is 1.88. The number of hydrogen-bond donors (Lipinski definition) is 2. The highest BCUT2D eigenvalue weighted by Gasteiger charge is 2.10. The minimum atomic E-state index is -3.37. The van der Waals surface area contributed by atoms with Crippen molar-refractivity contribution in [1.29, 1.82) is 0 Å². The molecule has 0 fully saturated rings. The van der Waals surface area contributed by atoms with Gasteiger partial charge in [0.15, 0.2) is 0 Å². The van der Waals surface area contributed by atoms with Gasteiger partial charge in [0.2, 0.25) is 10.0 Å². The zero-order chi connectivity index (χ0) is 11.7. The molecule has 0 amide bonds. The van der Waals surface area contributed by atoms with E-state index in [1.165, 1.54) is 0 Å². The molecule has 0 saturated carbocycles. The van der Waals surface area contributed by atoms with Crippen LogP contribution in [-0.4, -0.2) is 38.9 Å². The van der Waals surface area contributed by atoms with Crippen molar-refractivity contribution in [1.82, 2.24) is 4.72 Å². The number of thiocarbonyl (C=S) groups is 1. The highest BCUT2D eigenvalue weighted by atomic mass is 32.2. The fourth-order valence-electron chi connectivity index (χ4n) is 0.856. The molecule has 0 aliphatic carbocycles. The third kappa shape index (κ3) is 10.1. The predicted octanol–water partition coefficient (Wildman–Crippen LogP) is 0.00860. The Kier molecular flexibility index (Phi) is 7.85. The molecule has 15 heavy (non-hydrogen) atoms. The average Bonchev–Trinajstić information content (AvgIpc) is 2.08. The molecule has 0 saturated heterocycles. The largest absolute Gasteiger partial charge is 0.392 e. The summed E-state index contributed by atoms with van der Waals surface area (Å²) in [6.45, 7) is 3.35. The summed E-state index contributed by atoms with van der Waals surface area (Å²) >= 11 is 4.51. The molecule has 90 valence electrons. The molecule has 0 heterocycles. The van der Waals surface area contributed by atoms with Crippen LogP contribution in [0.5, 0.6) is 0 Å². The lowest BCUT2D eigenvalue weighted by molar-refractivity contribution is 0.136. The van der Waals surface area contributed by atoms with Gasteiger partial charge in [-0.3, -0.25) is 0 Å². The molecule has 0 aromatic heterocycles. The van der Waals surface area contributed by atoms with Gasteiger partial charge in [0.25, 0.3) is 0 Å². The minimum absolute atomic E-state index is 0.0330. The summed E-state index contributed by atoms with van der Waals surface area (Å²) in [5, 5.41) is 0. The van der Waals surface area contributed by atoms with Crippen LogP contribution < -0.4 is 10.5 Å². The van der Waals surface area contributed by atoms with Gasteiger partial charge in [-0.15, -0.1) is 0 Å². The molecule has 0 aromatic rings. The number of sulfonamides is 1. The van der Waals surface area contributed by atoms with Gasteiger partial charge in [-0.1, -0.05) is 25.6 Å². The molecular weight excluding hydrogens is 236 g/mol. The summed E-state index contributed by atoms with van der Waals surface area (Å²) in [5.41, 5.74) is 5.13. The second kappa shape index (κ2) is 7.98. The smallest absolute Gasteiger partial charge is 0.218 e. The van der Waals surface area contributed by atoms with Crippen molar-refractivity contribution in [3.8, 4) is 0 Å². The number of hydrogen-bond acceptors (Lipinski definition) is 4. The van der Waals surface area contributed by atoms with Crippen molar-refractivity contribution >= 4 is 27.2 Å². The van der Waals surface area contributed by atoms with Crippen LogP contribution in [0.15, 0.2) is 0 Å². The maximum absolute atomic E-state index is 11.2. The molecule has 0 bridgehead atoms. The van der Waals surface area contributed by atoms with Crippen molar-refractivity contribution in [2.45, 2.75) is 19.8 Å². The van der Waals surface area contributed by atoms with Crippen molar-refractivity contribution in [3.63, 3.8) is 0 Å².